The minimum absolute atomic E-state index is 0.0817. The minimum Gasteiger partial charge on any atom is -0.341 e. The smallest absolute Gasteiger partial charge is 0.248 e. The molecule has 0 bridgehead atoms. The fourth-order valence-electron chi connectivity index (χ4n) is 2.74. The van der Waals surface area contributed by atoms with E-state index in [4.69, 9.17) is 0 Å². The molecule has 17 heavy (non-hydrogen) atoms. The van der Waals surface area contributed by atoms with Crippen molar-refractivity contribution in [3.05, 3.63) is 0 Å². The Hall–Kier alpha value is -0.710. The first-order valence-corrected chi connectivity index (χ1v) is 6.36. The van der Waals surface area contributed by atoms with E-state index in [2.05, 4.69) is 5.32 Å². The molecule has 1 amide bonds. The number of nitrogens with one attached hydrogen (secondary N) is 1. The molecule has 1 unspecified atom stereocenters. The minimum atomic E-state index is -2.55. The SMILES string of the molecule is CNC1CCN(C(=O)C2CCC(F)(F)CC2)C1. The number of amides is 1. The summed E-state index contributed by atoms with van der Waals surface area (Å²) in [6, 6.07) is 0.365. The number of alkyl halides is 2. The average molecular weight is 246 g/mol. The summed E-state index contributed by atoms with van der Waals surface area (Å²) >= 11 is 0. The van der Waals surface area contributed by atoms with Crippen LogP contribution in [0.2, 0.25) is 0 Å². The number of halogens is 2. The second-order valence-corrected chi connectivity index (χ2v) is 5.19. The van der Waals surface area contributed by atoms with Gasteiger partial charge in [-0.05, 0) is 26.3 Å². The average Bonchev–Trinajstić information content (AvgIpc) is 2.76. The number of hydrogen-bond donors (Lipinski definition) is 1. The predicted octanol–water partition coefficient (Wildman–Crippen LogP) is 1.63. The summed E-state index contributed by atoms with van der Waals surface area (Å²) in [4.78, 5) is 14.0. The molecule has 1 aliphatic heterocycles. The molecule has 1 saturated heterocycles. The Morgan fingerprint density at radius 1 is 1.29 bits per heavy atom. The molecule has 0 aromatic rings. The largest absolute Gasteiger partial charge is 0.341 e. The third kappa shape index (κ3) is 2.94. The molecule has 2 aliphatic rings. The molecule has 2 rings (SSSR count). The van der Waals surface area contributed by atoms with Gasteiger partial charge >= 0.3 is 0 Å². The molecule has 5 heteroatoms. The van der Waals surface area contributed by atoms with Gasteiger partial charge in [0.05, 0.1) is 0 Å². The van der Waals surface area contributed by atoms with Crippen molar-refractivity contribution in [2.75, 3.05) is 20.1 Å². The second kappa shape index (κ2) is 4.88. The van der Waals surface area contributed by atoms with E-state index in [0.717, 1.165) is 19.5 Å². The monoisotopic (exact) mass is 246 g/mol. The Kier molecular flexibility index (Phi) is 3.66. The van der Waals surface area contributed by atoms with Crippen molar-refractivity contribution in [3.8, 4) is 0 Å². The number of rotatable bonds is 2. The molecule has 1 heterocycles. The van der Waals surface area contributed by atoms with E-state index in [1.807, 2.05) is 11.9 Å². The fourth-order valence-corrected chi connectivity index (χ4v) is 2.74. The van der Waals surface area contributed by atoms with E-state index in [-0.39, 0.29) is 24.7 Å². The zero-order valence-corrected chi connectivity index (χ0v) is 10.2. The van der Waals surface area contributed by atoms with Crippen molar-refractivity contribution in [2.24, 2.45) is 5.92 Å². The van der Waals surface area contributed by atoms with Crippen LogP contribution < -0.4 is 5.32 Å². The van der Waals surface area contributed by atoms with E-state index in [1.165, 1.54) is 0 Å². The highest BCUT2D eigenvalue weighted by molar-refractivity contribution is 5.79. The van der Waals surface area contributed by atoms with Crippen molar-refractivity contribution >= 4 is 5.91 Å². The number of carbonyl (C=O) groups excluding carboxylic acids is 1. The molecule has 0 aromatic carbocycles. The summed E-state index contributed by atoms with van der Waals surface area (Å²) in [6.07, 6.45) is 1.38. The van der Waals surface area contributed by atoms with Gasteiger partial charge in [0, 0.05) is 37.9 Å². The molecular weight excluding hydrogens is 226 g/mol. The third-order valence-corrected chi connectivity index (χ3v) is 3.97. The Labute approximate surface area is 101 Å². The fraction of sp³-hybridized carbons (Fsp3) is 0.917. The number of carbonyl (C=O) groups is 1. The van der Waals surface area contributed by atoms with Crippen LogP contribution in [0.25, 0.3) is 0 Å². The summed E-state index contributed by atoms with van der Waals surface area (Å²) in [5.41, 5.74) is 0. The highest BCUT2D eigenvalue weighted by Gasteiger charge is 2.39. The number of likely N-dealkylation sites (N-methyl/N-ethyl adjacent to an activating group) is 1. The Balaban J connectivity index is 1.85. The molecule has 0 radical (unpaired) electrons. The zero-order chi connectivity index (χ0) is 12.5. The van der Waals surface area contributed by atoms with E-state index < -0.39 is 5.92 Å². The Bertz CT molecular complexity index is 286. The van der Waals surface area contributed by atoms with Crippen LogP contribution in [0.4, 0.5) is 8.78 Å². The lowest BCUT2D eigenvalue weighted by Crippen LogP contribution is -2.39. The third-order valence-electron chi connectivity index (χ3n) is 3.97. The van der Waals surface area contributed by atoms with Crippen LogP contribution in [0.1, 0.15) is 32.1 Å². The molecule has 1 saturated carbocycles. The Morgan fingerprint density at radius 3 is 2.47 bits per heavy atom. The van der Waals surface area contributed by atoms with Crippen LogP contribution in [0.5, 0.6) is 0 Å². The number of nitrogens with zero attached hydrogens (tertiary/aromatic N) is 1. The second-order valence-electron chi connectivity index (χ2n) is 5.19. The van der Waals surface area contributed by atoms with Crippen molar-refractivity contribution in [1.82, 2.24) is 10.2 Å². The van der Waals surface area contributed by atoms with Gasteiger partial charge in [-0.1, -0.05) is 0 Å². The molecule has 1 aliphatic carbocycles. The van der Waals surface area contributed by atoms with Crippen LogP contribution >= 0.6 is 0 Å². The van der Waals surface area contributed by atoms with Gasteiger partial charge < -0.3 is 10.2 Å². The maximum Gasteiger partial charge on any atom is 0.248 e. The molecule has 2 fully saturated rings. The standard InChI is InChI=1S/C12H20F2N2O/c1-15-10-4-7-16(8-10)11(17)9-2-5-12(13,14)6-3-9/h9-10,15H,2-8H2,1H3. The molecule has 1 N–H and O–H groups in total. The first-order chi connectivity index (χ1) is 8.02. The van der Waals surface area contributed by atoms with Crippen molar-refractivity contribution in [2.45, 2.75) is 44.1 Å². The van der Waals surface area contributed by atoms with Crippen molar-refractivity contribution in [3.63, 3.8) is 0 Å². The normalized spacial score (nSPS) is 29.6. The van der Waals surface area contributed by atoms with Gasteiger partial charge in [0.1, 0.15) is 0 Å². The lowest BCUT2D eigenvalue weighted by Gasteiger charge is -2.30. The van der Waals surface area contributed by atoms with Crippen molar-refractivity contribution < 1.29 is 13.6 Å². The van der Waals surface area contributed by atoms with E-state index in [1.54, 1.807) is 0 Å². The summed E-state index contributed by atoms with van der Waals surface area (Å²) in [5, 5.41) is 3.15. The number of hydrogen-bond acceptors (Lipinski definition) is 2. The first kappa shape index (κ1) is 12.7. The summed E-state index contributed by atoms with van der Waals surface area (Å²) in [5.74, 6) is -2.64. The van der Waals surface area contributed by atoms with Gasteiger partial charge in [0.2, 0.25) is 11.8 Å². The highest BCUT2D eigenvalue weighted by atomic mass is 19.3. The quantitative estimate of drug-likeness (QED) is 0.803. The summed E-state index contributed by atoms with van der Waals surface area (Å²) in [6.45, 7) is 1.49. The molecule has 0 spiro atoms. The highest BCUT2D eigenvalue weighted by Crippen LogP contribution is 2.37. The van der Waals surface area contributed by atoms with Gasteiger partial charge in [-0.15, -0.1) is 0 Å². The topological polar surface area (TPSA) is 32.3 Å². The maximum absolute atomic E-state index is 13.0. The van der Waals surface area contributed by atoms with Gasteiger partial charge in [-0.2, -0.15) is 0 Å². The lowest BCUT2D eigenvalue weighted by atomic mass is 9.86. The summed E-state index contributed by atoms with van der Waals surface area (Å²) in [7, 11) is 1.89. The van der Waals surface area contributed by atoms with Crippen molar-refractivity contribution in [1.29, 1.82) is 0 Å². The van der Waals surface area contributed by atoms with E-state index in [9.17, 15) is 13.6 Å². The zero-order valence-electron chi connectivity index (χ0n) is 10.2. The summed E-state index contributed by atoms with van der Waals surface area (Å²) < 4.78 is 26.0. The van der Waals surface area contributed by atoms with E-state index >= 15 is 0 Å². The van der Waals surface area contributed by atoms with Gasteiger partial charge in [0.15, 0.2) is 0 Å². The molecule has 0 aromatic heterocycles. The van der Waals surface area contributed by atoms with Crippen LogP contribution in [-0.4, -0.2) is 42.9 Å². The van der Waals surface area contributed by atoms with Gasteiger partial charge in [-0.25, -0.2) is 8.78 Å². The van der Waals surface area contributed by atoms with Gasteiger partial charge in [0.25, 0.3) is 0 Å². The first-order valence-electron chi connectivity index (χ1n) is 6.36. The Morgan fingerprint density at radius 2 is 1.94 bits per heavy atom. The van der Waals surface area contributed by atoms with Crippen LogP contribution in [0.15, 0.2) is 0 Å². The molecule has 3 nitrogen and oxygen atoms in total. The lowest BCUT2D eigenvalue weighted by molar-refractivity contribution is -0.138. The van der Waals surface area contributed by atoms with Crippen LogP contribution in [-0.2, 0) is 4.79 Å². The molecular formula is C12H20F2N2O. The predicted molar refractivity (Wildman–Crippen MR) is 60.9 cm³/mol. The van der Waals surface area contributed by atoms with Crippen LogP contribution in [0, 0.1) is 5.92 Å². The van der Waals surface area contributed by atoms with Crippen LogP contribution in [0.3, 0.4) is 0 Å². The maximum atomic E-state index is 13.0. The van der Waals surface area contributed by atoms with E-state index in [0.29, 0.717) is 18.9 Å². The number of likely N-dealkylation sites (tertiary alicyclic amines) is 1. The van der Waals surface area contributed by atoms with Gasteiger partial charge in [-0.3, -0.25) is 4.79 Å². The molecule has 1 atom stereocenters. The molecule has 98 valence electrons.